The molecule has 0 rings (SSSR count). The first kappa shape index (κ1) is 18.2. The molecule has 0 fully saturated rings. The SMILES string of the molecule is C#CCOC(=O)NC(C(F)(F)F)(C(F)(F)F)C(F)(F)F. The molecule has 0 heterocycles. The minimum absolute atomic E-state index is 0.247. The molecule has 0 bridgehead atoms. The van der Waals surface area contributed by atoms with Crippen LogP contribution >= 0.6 is 0 Å². The molecule has 0 aliphatic heterocycles. The molecule has 20 heavy (non-hydrogen) atoms. The number of carbonyl (C=O) groups is 1. The fourth-order valence-electron chi connectivity index (χ4n) is 0.991. The first-order valence-electron chi connectivity index (χ1n) is 4.29. The van der Waals surface area contributed by atoms with Crippen LogP contribution in [0.2, 0.25) is 0 Å². The second-order valence-corrected chi connectivity index (χ2v) is 3.15. The number of terminal acetylenes is 1. The monoisotopic (exact) mass is 317 g/mol. The van der Waals surface area contributed by atoms with E-state index in [1.807, 2.05) is 0 Å². The Labute approximate surface area is 105 Å². The van der Waals surface area contributed by atoms with E-state index in [0.717, 1.165) is 0 Å². The molecular weight excluding hydrogens is 313 g/mol. The number of alkyl halides is 9. The summed E-state index contributed by atoms with van der Waals surface area (Å²) < 4.78 is 114. The van der Waals surface area contributed by atoms with Gasteiger partial charge in [0.1, 0.15) is 0 Å². The van der Waals surface area contributed by atoms with Crippen molar-refractivity contribution in [1.82, 2.24) is 5.32 Å². The lowest BCUT2D eigenvalue weighted by Gasteiger charge is -2.38. The maximum Gasteiger partial charge on any atom is 0.429 e. The molecule has 0 saturated carbocycles. The molecule has 0 aromatic rings. The predicted octanol–water partition coefficient (Wildman–Crippen LogP) is 2.77. The topological polar surface area (TPSA) is 38.3 Å². The van der Waals surface area contributed by atoms with Crippen LogP contribution in [0.1, 0.15) is 0 Å². The summed E-state index contributed by atoms with van der Waals surface area (Å²) in [5.74, 6) is 1.47. The van der Waals surface area contributed by atoms with Gasteiger partial charge in [0.15, 0.2) is 6.61 Å². The zero-order valence-corrected chi connectivity index (χ0v) is 9.00. The molecule has 0 saturated heterocycles. The molecule has 0 aliphatic rings. The predicted molar refractivity (Wildman–Crippen MR) is 44.2 cm³/mol. The lowest BCUT2D eigenvalue weighted by molar-refractivity contribution is -0.387. The van der Waals surface area contributed by atoms with Crippen LogP contribution in [0.5, 0.6) is 0 Å². The van der Waals surface area contributed by atoms with Crippen LogP contribution in [0.3, 0.4) is 0 Å². The zero-order chi connectivity index (χ0) is 16.4. The number of nitrogens with one attached hydrogen (secondary N) is 1. The first-order chi connectivity index (χ1) is 8.70. The smallest absolute Gasteiger partial charge is 0.429 e. The van der Waals surface area contributed by atoms with E-state index in [-0.39, 0.29) is 5.32 Å². The van der Waals surface area contributed by atoms with Crippen molar-refractivity contribution in [2.24, 2.45) is 0 Å². The van der Waals surface area contributed by atoms with Crippen molar-refractivity contribution >= 4 is 6.09 Å². The summed E-state index contributed by atoms with van der Waals surface area (Å²) in [6.45, 7) is -1.12. The highest BCUT2D eigenvalue weighted by atomic mass is 19.4. The molecule has 0 atom stereocenters. The number of hydrogen-bond donors (Lipinski definition) is 1. The molecule has 0 aromatic heterocycles. The van der Waals surface area contributed by atoms with Crippen molar-refractivity contribution in [2.45, 2.75) is 24.1 Å². The van der Waals surface area contributed by atoms with E-state index in [9.17, 15) is 44.3 Å². The number of amides is 1. The van der Waals surface area contributed by atoms with E-state index in [0.29, 0.717) is 0 Å². The minimum atomic E-state index is -6.90. The number of hydrogen-bond acceptors (Lipinski definition) is 2. The molecule has 12 heteroatoms. The summed E-state index contributed by atoms with van der Waals surface area (Å²) in [6, 6.07) is 0. The lowest BCUT2D eigenvalue weighted by Crippen LogP contribution is -2.75. The van der Waals surface area contributed by atoms with Crippen molar-refractivity contribution in [1.29, 1.82) is 0 Å². The molecular formula is C8H4F9NO2. The van der Waals surface area contributed by atoms with Crippen LogP contribution in [0.4, 0.5) is 44.3 Å². The number of ether oxygens (including phenoxy) is 1. The molecule has 0 aliphatic carbocycles. The third-order valence-electron chi connectivity index (χ3n) is 1.85. The largest absolute Gasteiger partial charge is 0.436 e. The summed E-state index contributed by atoms with van der Waals surface area (Å²) in [7, 11) is 0. The van der Waals surface area contributed by atoms with Crippen LogP contribution in [0.15, 0.2) is 0 Å². The molecule has 0 aromatic carbocycles. The van der Waals surface area contributed by atoms with Gasteiger partial charge in [0.25, 0.3) is 0 Å². The average molecular weight is 317 g/mol. The molecule has 0 spiro atoms. The molecule has 0 unspecified atom stereocenters. The normalized spacial score (nSPS) is 13.6. The highest BCUT2D eigenvalue weighted by molar-refractivity contribution is 5.69. The van der Waals surface area contributed by atoms with Crippen molar-refractivity contribution in [3.8, 4) is 12.3 Å². The van der Waals surface area contributed by atoms with Crippen LogP contribution in [-0.2, 0) is 4.74 Å². The maximum atomic E-state index is 12.3. The molecule has 116 valence electrons. The first-order valence-corrected chi connectivity index (χ1v) is 4.29. The second-order valence-electron chi connectivity index (χ2n) is 3.15. The fraction of sp³-hybridized carbons (Fsp3) is 0.625. The van der Waals surface area contributed by atoms with Gasteiger partial charge in [-0.05, 0) is 0 Å². The lowest BCUT2D eigenvalue weighted by atomic mass is 9.97. The van der Waals surface area contributed by atoms with E-state index in [2.05, 4.69) is 11.2 Å². The third-order valence-corrected chi connectivity index (χ3v) is 1.85. The van der Waals surface area contributed by atoms with Crippen LogP contribution in [0, 0.1) is 12.3 Å². The number of rotatable bonds is 2. The van der Waals surface area contributed by atoms with E-state index >= 15 is 0 Å². The standard InChI is InChI=1S/C8H4F9NO2/c1-2-3-20-4(19)18-5(6(9,10)11,7(12,13)14)8(15,16)17/h1H,3H2,(H,18,19). The number of halogens is 9. The Morgan fingerprint density at radius 2 is 1.30 bits per heavy atom. The van der Waals surface area contributed by atoms with Crippen molar-refractivity contribution in [3.05, 3.63) is 0 Å². The highest BCUT2D eigenvalue weighted by Gasteiger charge is 2.85. The molecule has 1 amide bonds. The van der Waals surface area contributed by atoms with E-state index < -0.39 is 36.8 Å². The minimum Gasteiger partial charge on any atom is -0.436 e. The average Bonchev–Trinajstić information content (AvgIpc) is 2.17. The third kappa shape index (κ3) is 3.20. The Morgan fingerprint density at radius 1 is 0.950 bits per heavy atom. The van der Waals surface area contributed by atoms with E-state index in [1.165, 1.54) is 5.92 Å². The van der Waals surface area contributed by atoms with Gasteiger partial charge in [0.2, 0.25) is 0 Å². The number of carbonyl (C=O) groups excluding carboxylic acids is 1. The Bertz CT molecular complexity index is 364. The van der Waals surface area contributed by atoms with Gasteiger partial charge >= 0.3 is 30.2 Å². The Hall–Kier alpha value is -1.80. The summed E-state index contributed by atoms with van der Waals surface area (Å²) in [6.07, 6.45) is -18.9. The Balaban J connectivity index is 5.82. The highest BCUT2D eigenvalue weighted by Crippen LogP contribution is 2.52. The van der Waals surface area contributed by atoms with Gasteiger partial charge in [-0.2, -0.15) is 39.5 Å². The number of alkyl carbamates (subject to hydrolysis) is 1. The van der Waals surface area contributed by atoms with Crippen LogP contribution < -0.4 is 5.32 Å². The molecule has 1 N–H and O–H groups in total. The van der Waals surface area contributed by atoms with E-state index in [1.54, 1.807) is 0 Å². The van der Waals surface area contributed by atoms with Crippen molar-refractivity contribution in [3.63, 3.8) is 0 Å². The summed E-state index contributed by atoms with van der Waals surface area (Å²) in [4.78, 5) is 10.6. The maximum absolute atomic E-state index is 12.3. The van der Waals surface area contributed by atoms with Gasteiger partial charge in [0.05, 0.1) is 0 Å². The van der Waals surface area contributed by atoms with Crippen molar-refractivity contribution < 1.29 is 49.0 Å². The molecule has 3 nitrogen and oxygen atoms in total. The van der Waals surface area contributed by atoms with Crippen molar-refractivity contribution in [2.75, 3.05) is 6.61 Å². The van der Waals surface area contributed by atoms with Crippen LogP contribution in [-0.4, -0.2) is 36.8 Å². The fourth-order valence-corrected chi connectivity index (χ4v) is 0.991. The zero-order valence-electron chi connectivity index (χ0n) is 9.00. The summed E-state index contributed by atoms with van der Waals surface area (Å²) >= 11 is 0. The van der Waals surface area contributed by atoms with E-state index in [4.69, 9.17) is 0 Å². The quantitative estimate of drug-likeness (QED) is 0.628. The molecule has 0 radical (unpaired) electrons. The summed E-state index contributed by atoms with van der Waals surface area (Å²) in [5, 5.41) is -0.247. The van der Waals surface area contributed by atoms with Gasteiger partial charge in [0, 0.05) is 0 Å². The van der Waals surface area contributed by atoms with Gasteiger partial charge in [-0.15, -0.1) is 6.42 Å². The summed E-state index contributed by atoms with van der Waals surface area (Å²) in [5.41, 5.74) is -6.46. The van der Waals surface area contributed by atoms with Gasteiger partial charge in [-0.1, -0.05) is 5.92 Å². The van der Waals surface area contributed by atoms with Gasteiger partial charge in [-0.25, -0.2) is 4.79 Å². The van der Waals surface area contributed by atoms with Crippen LogP contribution in [0.25, 0.3) is 0 Å². The Morgan fingerprint density at radius 3 is 1.55 bits per heavy atom. The second kappa shape index (κ2) is 5.29. The van der Waals surface area contributed by atoms with Gasteiger partial charge in [-0.3, -0.25) is 5.32 Å². The Kier molecular flexibility index (Phi) is 4.82. The van der Waals surface area contributed by atoms with Gasteiger partial charge < -0.3 is 4.74 Å².